The summed E-state index contributed by atoms with van der Waals surface area (Å²) in [6.07, 6.45) is 8.56. The first kappa shape index (κ1) is 10.5. The molecule has 0 radical (unpaired) electrons. The van der Waals surface area contributed by atoms with Gasteiger partial charge in [-0.3, -0.25) is 0 Å². The fourth-order valence-corrected chi connectivity index (χ4v) is 2.42. The summed E-state index contributed by atoms with van der Waals surface area (Å²) in [5.74, 6) is 0.627. The van der Waals surface area contributed by atoms with Crippen LogP contribution < -0.4 is 5.73 Å². The zero-order chi connectivity index (χ0) is 10.7. The lowest BCUT2D eigenvalue weighted by Gasteiger charge is -2.23. The lowest BCUT2D eigenvalue weighted by molar-refractivity contribution is 0.317. The van der Waals surface area contributed by atoms with Crippen molar-refractivity contribution in [1.82, 2.24) is 15.0 Å². The smallest absolute Gasteiger partial charge is 0.169 e. The Balaban J connectivity index is 2.18. The largest absolute Gasteiger partial charge is 0.381 e. The lowest BCUT2D eigenvalue weighted by Crippen LogP contribution is -2.17. The Hall–Kier alpha value is -1.06. The van der Waals surface area contributed by atoms with E-state index in [1.165, 1.54) is 32.1 Å². The molecule has 4 heteroatoms. The fourth-order valence-electron chi connectivity index (χ4n) is 2.42. The number of aromatic nitrogens is 3. The molecule has 15 heavy (non-hydrogen) atoms. The van der Waals surface area contributed by atoms with Crippen LogP contribution in [0.1, 0.15) is 57.2 Å². The van der Waals surface area contributed by atoms with Gasteiger partial charge >= 0.3 is 0 Å². The number of hydrogen-bond donors (Lipinski definition) is 1. The summed E-state index contributed by atoms with van der Waals surface area (Å²) in [5, 5.41) is 8.20. The van der Waals surface area contributed by atoms with E-state index in [0.29, 0.717) is 11.9 Å². The summed E-state index contributed by atoms with van der Waals surface area (Å²) in [4.78, 5) is 0. The van der Waals surface area contributed by atoms with E-state index in [9.17, 15) is 0 Å². The van der Waals surface area contributed by atoms with Gasteiger partial charge in [-0.25, -0.2) is 4.68 Å². The van der Waals surface area contributed by atoms with Crippen molar-refractivity contribution in [3.05, 3.63) is 5.69 Å². The van der Waals surface area contributed by atoms with Crippen LogP contribution in [0.5, 0.6) is 0 Å². The van der Waals surface area contributed by atoms with Gasteiger partial charge in [-0.2, -0.15) is 0 Å². The van der Waals surface area contributed by atoms with E-state index in [2.05, 4.69) is 21.9 Å². The zero-order valence-electron chi connectivity index (χ0n) is 9.45. The summed E-state index contributed by atoms with van der Waals surface area (Å²) in [7, 11) is 0. The maximum absolute atomic E-state index is 5.84. The molecule has 1 aliphatic rings. The molecule has 1 aliphatic carbocycles. The van der Waals surface area contributed by atoms with Crippen LogP contribution in [0.3, 0.4) is 0 Å². The second-order valence-corrected chi connectivity index (χ2v) is 4.41. The van der Waals surface area contributed by atoms with Gasteiger partial charge in [0.05, 0.1) is 11.7 Å². The third-order valence-corrected chi connectivity index (χ3v) is 3.23. The van der Waals surface area contributed by atoms with Crippen LogP contribution in [0, 0.1) is 0 Å². The number of hydrogen-bond acceptors (Lipinski definition) is 3. The molecule has 1 fully saturated rings. The lowest BCUT2D eigenvalue weighted by atomic mass is 9.95. The van der Waals surface area contributed by atoms with Gasteiger partial charge in [0.25, 0.3) is 0 Å². The van der Waals surface area contributed by atoms with E-state index < -0.39 is 0 Å². The van der Waals surface area contributed by atoms with Gasteiger partial charge in [0.15, 0.2) is 5.82 Å². The molecular formula is C11H20N4. The van der Waals surface area contributed by atoms with Crippen molar-refractivity contribution in [2.75, 3.05) is 5.73 Å². The van der Waals surface area contributed by atoms with Crippen molar-refractivity contribution >= 4 is 5.82 Å². The van der Waals surface area contributed by atoms with Crippen molar-refractivity contribution in [1.29, 1.82) is 0 Å². The van der Waals surface area contributed by atoms with Gasteiger partial charge in [-0.15, -0.1) is 5.10 Å². The zero-order valence-corrected chi connectivity index (χ0v) is 9.45. The van der Waals surface area contributed by atoms with Crippen LogP contribution in [0.25, 0.3) is 0 Å². The van der Waals surface area contributed by atoms with Crippen LogP contribution in [0.2, 0.25) is 0 Å². The Kier molecular flexibility index (Phi) is 3.23. The molecule has 84 valence electrons. The first-order chi connectivity index (χ1) is 7.33. The molecule has 0 amide bonds. The van der Waals surface area contributed by atoms with Crippen molar-refractivity contribution in [2.24, 2.45) is 0 Å². The molecule has 0 atom stereocenters. The van der Waals surface area contributed by atoms with E-state index in [4.69, 9.17) is 5.73 Å². The third kappa shape index (κ3) is 2.13. The highest BCUT2D eigenvalue weighted by molar-refractivity contribution is 5.33. The average Bonchev–Trinajstić information content (AvgIpc) is 2.63. The van der Waals surface area contributed by atoms with E-state index >= 15 is 0 Å². The standard InChI is InChI=1S/C11H20N4/c1-2-6-10-11(12)13-14-15(10)9-7-4-3-5-8-9/h9H,2-8,12H2,1H3. The molecule has 1 heterocycles. The molecule has 1 aromatic heterocycles. The molecule has 1 saturated carbocycles. The third-order valence-electron chi connectivity index (χ3n) is 3.23. The van der Waals surface area contributed by atoms with Crippen molar-refractivity contribution in [2.45, 2.75) is 57.9 Å². The summed E-state index contributed by atoms with van der Waals surface area (Å²) in [6.45, 7) is 2.16. The van der Waals surface area contributed by atoms with Gasteiger partial charge in [0.1, 0.15) is 0 Å². The van der Waals surface area contributed by atoms with E-state index in [-0.39, 0.29) is 0 Å². The summed E-state index contributed by atoms with van der Waals surface area (Å²) in [5.41, 5.74) is 6.98. The maximum Gasteiger partial charge on any atom is 0.169 e. The Bertz CT molecular complexity index is 312. The SMILES string of the molecule is CCCc1c(N)nnn1C1CCCCC1. The molecule has 2 rings (SSSR count). The highest BCUT2D eigenvalue weighted by Gasteiger charge is 2.20. The van der Waals surface area contributed by atoms with Crippen molar-refractivity contribution < 1.29 is 0 Å². The highest BCUT2D eigenvalue weighted by atomic mass is 15.5. The van der Waals surface area contributed by atoms with Crippen LogP contribution in [0.4, 0.5) is 5.82 Å². The predicted molar refractivity (Wildman–Crippen MR) is 60.6 cm³/mol. The van der Waals surface area contributed by atoms with Gasteiger partial charge < -0.3 is 5.73 Å². The number of nitrogen functional groups attached to an aromatic ring is 1. The first-order valence-electron chi connectivity index (χ1n) is 6.02. The summed E-state index contributed by atoms with van der Waals surface area (Å²) < 4.78 is 2.08. The minimum absolute atomic E-state index is 0.546. The average molecular weight is 208 g/mol. The maximum atomic E-state index is 5.84. The van der Waals surface area contributed by atoms with Crippen LogP contribution in [0.15, 0.2) is 0 Å². The Labute approximate surface area is 90.8 Å². The van der Waals surface area contributed by atoms with Gasteiger partial charge in [0, 0.05) is 0 Å². The number of nitrogens with two attached hydrogens (primary N) is 1. The molecule has 0 bridgehead atoms. The molecule has 4 nitrogen and oxygen atoms in total. The first-order valence-corrected chi connectivity index (χ1v) is 6.02. The van der Waals surface area contributed by atoms with E-state index in [1.54, 1.807) is 0 Å². The molecule has 2 N–H and O–H groups in total. The van der Waals surface area contributed by atoms with Crippen molar-refractivity contribution in [3.8, 4) is 0 Å². The van der Waals surface area contributed by atoms with E-state index in [0.717, 1.165) is 18.5 Å². The molecule has 0 aromatic carbocycles. The Morgan fingerprint density at radius 1 is 1.33 bits per heavy atom. The van der Waals surface area contributed by atoms with Crippen LogP contribution >= 0.6 is 0 Å². The molecule has 1 aromatic rings. The Morgan fingerprint density at radius 3 is 2.73 bits per heavy atom. The molecule has 0 saturated heterocycles. The molecular weight excluding hydrogens is 188 g/mol. The van der Waals surface area contributed by atoms with E-state index in [1.807, 2.05) is 0 Å². The topological polar surface area (TPSA) is 56.7 Å². The minimum Gasteiger partial charge on any atom is -0.381 e. The molecule has 0 spiro atoms. The number of nitrogens with zero attached hydrogens (tertiary/aromatic N) is 3. The van der Waals surface area contributed by atoms with Gasteiger partial charge in [-0.1, -0.05) is 37.8 Å². The highest BCUT2D eigenvalue weighted by Crippen LogP contribution is 2.29. The minimum atomic E-state index is 0.546. The van der Waals surface area contributed by atoms with Gasteiger partial charge in [0.2, 0.25) is 0 Å². The summed E-state index contributed by atoms with van der Waals surface area (Å²) in [6, 6.07) is 0.546. The van der Waals surface area contributed by atoms with Crippen LogP contribution in [-0.4, -0.2) is 15.0 Å². The van der Waals surface area contributed by atoms with Gasteiger partial charge in [-0.05, 0) is 19.3 Å². The summed E-state index contributed by atoms with van der Waals surface area (Å²) >= 11 is 0. The second-order valence-electron chi connectivity index (χ2n) is 4.41. The predicted octanol–water partition coefficient (Wildman–Crippen LogP) is 2.32. The van der Waals surface area contributed by atoms with Crippen LogP contribution in [-0.2, 0) is 6.42 Å². The monoisotopic (exact) mass is 208 g/mol. The normalized spacial score (nSPS) is 18.2. The number of anilines is 1. The molecule has 0 unspecified atom stereocenters. The quantitative estimate of drug-likeness (QED) is 0.829. The fraction of sp³-hybridized carbons (Fsp3) is 0.818. The Morgan fingerprint density at radius 2 is 2.07 bits per heavy atom. The van der Waals surface area contributed by atoms with Crippen molar-refractivity contribution in [3.63, 3.8) is 0 Å². The number of rotatable bonds is 3. The molecule has 0 aliphatic heterocycles. The second kappa shape index (κ2) is 4.64.